The van der Waals surface area contributed by atoms with Crippen molar-refractivity contribution in [2.24, 2.45) is 0 Å². The quantitative estimate of drug-likeness (QED) is 0.836. The molecule has 0 aliphatic carbocycles. The molecule has 2 N–H and O–H groups in total. The van der Waals surface area contributed by atoms with E-state index in [1.54, 1.807) is 0 Å². The van der Waals surface area contributed by atoms with E-state index in [0.717, 1.165) is 30.5 Å². The second kappa shape index (κ2) is 5.25. The van der Waals surface area contributed by atoms with Crippen molar-refractivity contribution in [3.05, 3.63) is 35.4 Å². The van der Waals surface area contributed by atoms with Gasteiger partial charge in [-0.15, -0.1) is 0 Å². The van der Waals surface area contributed by atoms with E-state index in [-0.39, 0.29) is 11.9 Å². The van der Waals surface area contributed by atoms with Crippen LogP contribution >= 0.6 is 0 Å². The van der Waals surface area contributed by atoms with Gasteiger partial charge in [-0.2, -0.15) is 0 Å². The normalized spacial score (nSPS) is 25.3. The maximum atomic E-state index is 12.5. The number of rotatable bonds is 2. The van der Waals surface area contributed by atoms with E-state index in [9.17, 15) is 14.7 Å². The Balaban J connectivity index is 1.88. The Kier molecular flexibility index (Phi) is 3.44. The Morgan fingerprint density at radius 1 is 1.25 bits per heavy atom. The smallest absolute Gasteiger partial charge is 0.326 e. The van der Waals surface area contributed by atoms with Crippen LogP contribution in [0.2, 0.25) is 0 Å². The highest BCUT2D eigenvalue weighted by molar-refractivity contribution is 5.88. The molecule has 2 heterocycles. The lowest BCUT2D eigenvalue weighted by Crippen LogP contribution is -2.53. The summed E-state index contributed by atoms with van der Waals surface area (Å²) in [5.74, 6) is -1.00. The second-order valence-electron chi connectivity index (χ2n) is 5.44. The van der Waals surface area contributed by atoms with E-state index in [1.807, 2.05) is 24.3 Å². The number of hydrogen-bond donors (Lipinski definition) is 2. The minimum absolute atomic E-state index is 0.0793. The van der Waals surface area contributed by atoms with Crippen LogP contribution in [0.15, 0.2) is 24.3 Å². The molecular formula is C15H18N2O3. The van der Waals surface area contributed by atoms with Crippen LogP contribution in [-0.2, 0) is 22.6 Å². The lowest BCUT2D eigenvalue weighted by atomic mass is 9.93. The molecular weight excluding hydrogens is 256 g/mol. The monoisotopic (exact) mass is 274 g/mol. The van der Waals surface area contributed by atoms with Crippen molar-refractivity contribution in [1.82, 2.24) is 10.2 Å². The van der Waals surface area contributed by atoms with E-state index in [4.69, 9.17) is 0 Å². The minimum atomic E-state index is -0.925. The van der Waals surface area contributed by atoms with Crippen molar-refractivity contribution < 1.29 is 14.7 Å². The zero-order chi connectivity index (χ0) is 14.1. The number of nitrogens with one attached hydrogen (secondary N) is 1. The van der Waals surface area contributed by atoms with Crippen LogP contribution in [-0.4, -0.2) is 40.5 Å². The SMILES string of the molecule is O=C(O)[C@H]1Cc2ccccc2CN1C(=O)[C@H]1CCCN1. The Hall–Kier alpha value is -1.88. The second-order valence-corrected chi connectivity index (χ2v) is 5.44. The van der Waals surface area contributed by atoms with E-state index in [0.29, 0.717) is 13.0 Å². The van der Waals surface area contributed by atoms with E-state index in [2.05, 4.69) is 5.32 Å². The van der Waals surface area contributed by atoms with Crippen LogP contribution in [0.4, 0.5) is 0 Å². The predicted octanol–water partition coefficient (Wildman–Crippen LogP) is 0.776. The van der Waals surface area contributed by atoms with Gasteiger partial charge in [-0.25, -0.2) is 4.79 Å². The zero-order valence-corrected chi connectivity index (χ0v) is 11.2. The topological polar surface area (TPSA) is 69.6 Å². The number of carbonyl (C=O) groups excluding carboxylic acids is 1. The molecule has 0 spiro atoms. The first-order chi connectivity index (χ1) is 9.66. The summed E-state index contributed by atoms with van der Waals surface area (Å²) in [5, 5.41) is 12.6. The van der Waals surface area contributed by atoms with Crippen molar-refractivity contribution in [1.29, 1.82) is 0 Å². The van der Waals surface area contributed by atoms with E-state index >= 15 is 0 Å². The summed E-state index contributed by atoms with van der Waals surface area (Å²) < 4.78 is 0. The van der Waals surface area contributed by atoms with Gasteiger partial charge in [0.1, 0.15) is 6.04 Å². The van der Waals surface area contributed by atoms with Gasteiger partial charge < -0.3 is 15.3 Å². The van der Waals surface area contributed by atoms with Gasteiger partial charge in [0.25, 0.3) is 0 Å². The highest BCUT2D eigenvalue weighted by atomic mass is 16.4. The first kappa shape index (κ1) is 13.1. The molecule has 0 unspecified atom stereocenters. The molecule has 2 atom stereocenters. The van der Waals surface area contributed by atoms with Gasteiger partial charge >= 0.3 is 5.97 Å². The Labute approximate surface area is 117 Å². The number of carboxylic acids is 1. The summed E-state index contributed by atoms with van der Waals surface area (Å²) in [7, 11) is 0. The number of amides is 1. The molecule has 20 heavy (non-hydrogen) atoms. The van der Waals surface area contributed by atoms with Gasteiger partial charge in [0.2, 0.25) is 5.91 Å². The van der Waals surface area contributed by atoms with Crippen molar-refractivity contribution >= 4 is 11.9 Å². The first-order valence-corrected chi connectivity index (χ1v) is 7.00. The van der Waals surface area contributed by atoms with E-state index in [1.165, 1.54) is 4.90 Å². The molecule has 0 bridgehead atoms. The maximum Gasteiger partial charge on any atom is 0.326 e. The first-order valence-electron chi connectivity index (χ1n) is 7.00. The zero-order valence-electron chi connectivity index (χ0n) is 11.2. The molecule has 1 aromatic carbocycles. The number of nitrogens with zero attached hydrogens (tertiary/aromatic N) is 1. The fourth-order valence-corrected chi connectivity index (χ4v) is 3.07. The summed E-state index contributed by atoms with van der Waals surface area (Å²) in [5.41, 5.74) is 2.08. The fourth-order valence-electron chi connectivity index (χ4n) is 3.07. The Bertz CT molecular complexity index is 538. The van der Waals surface area contributed by atoms with Crippen molar-refractivity contribution in [3.8, 4) is 0 Å². The number of benzene rings is 1. The van der Waals surface area contributed by atoms with Crippen LogP contribution in [0.1, 0.15) is 24.0 Å². The molecule has 0 aromatic heterocycles. The van der Waals surface area contributed by atoms with Gasteiger partial charge in [0.05, 0.1) is 6.04 Å². The fraction of sp³-hybridized carbons (Fsp3) is 0.467. The molecule has 1 fully saturated rings. The van der Waals surface area contributed by atoms with E-state index < -0.39 is 12.0 Å². The maximum absolute atomic E-state index is 12.5. The van der Waals surface area contributed by atoms with Crippen molar-refractivity contribution in [2.75, 3.05) is 6.54 Å². The molecule has 5 heteroatoms. The van der Waals surface area contributed by atoms with Crippen LogP contribution < -0.4 is 5.32 Å². The van der Waals surface area contributed by atoms with Gasteiger partial charge in [-0.3, -0.25) is 4.79 Å². The molecule has 1 amide bonds. The third kappa shape index (κ3) is 2.29. The number of carbonyl (C=O) groups is 2. The average molecular weight is 274 g/mol. The van der Waals surface area contributed by atoms with Crippen molar-refractivity contribution in [3.63, 3.8) is 0 Å². The van der Waals surface area contributed by atoms with Gasteiger partial charge in [0.15, 0.2) is 0 Å². The lowest BCUT2D eigenvalue weighted by molar-refractivity contribution is -0.152. The van der Waals surface area contributed by atoms with Gasteiger partial charge in [-0.05, 0) is 30.5 Å². The van der Waals surface area contributed by atoms with Crippen LogP contribution in [0.5, 0.6) is 0 Å². The van der Waals surface area contributed by atoms with Crippen molar-refractivity contribution in [2.45, 2.75) is 37.9 Å². The average Bonchev–Trinajstić information content (AvgIpc) is 2.99. The third-order valence-corrected chi connectivity index (χ3v) is 4.18. The molecule has 5 nitrogen and oxygen atoms in total. The molecule has 2 aliphatic rings. The third-order valence-electron chi connectivity index (χ3n) is 4.18. The summed E-state index contributed by atoms with van der Waals surface area (Å²) in [6.45, 7) is 1.22. The molecule has 1 saturated heterocycles. The highest BCUT2D eigenvalue weighted by Gasteiger charge is 2.37. The van der Waals surface area contributed by atoms with Gasteiger partial charge in [-0.1, -0.05) is 24.3 Å². The molecule has 2 aliphatic heterocycles. The Morgan fingerprint density at radius 3 is 2.65 bits per heavy atom. The summed E-state index contributed by atoms with van der Waals surface area (Å²) >= 11 is 0. The minimum Gasteiger partial charge on any atom is -0.480 e. The largest absolute Gasteiger partial charge is 0.480 e. The number of fused-ring (bicyclic) bond motifs is 1. The number of aliphatic carboxylic acids is 1. The molecule has 3 rings (SSSR count). The standard InChI is InChI=1S/C15H18N2O3/c18-14(12-6-3-7-16-12)17-9-11-5-2-1-4-10(11)8-13(17)15(19)20/h1-2,4-5,12-13,16H,3,6-9H2,(H,19,20)/t12-,13-/m1/s1. The molecule has 0 radical (unpaired) electrons. The summed E-state index contributed by atoms with van der Waals surface area (Å²) in [6, 6.07) is 6.78. The number of hydrogen-bond acceptors (Lipinski definition) is 3. The molecule has 0 saturated carbocycles. The predicted molar refractivity (Wildman–Crippen MR) is 73.1 cm³/mol. The van der Waals surface area contributed by atoms with Crippen LogP contribution in [0, 0.1) is 0 Å². The number of carboxylic acid groups (broad SMARTS) is 1. The Morgan fingerprint density at radius 2 is 2.00 bits per heavy atom. The van der Waals surface area contributed by atoms with Crippen LogP contribution in [0.25, 0.3) is 0 Å². The summed E-state index contributed by atoms with van der Waals surface area (Å²) in [6.07, 6.45) is 2.16. The lowest BCUT2D eigenvalue weighted by Gasteiger charge is -2.36. The summed E-state index contributed by atoms with van der Waals surface area (Å²) in [4.78, 5) is 25.5. The van der Waals surface area contributed by atoms with Gasteiger partial charge in [0, 0.05) is 13.0 Å². The molecule has 1 aromatic rings. The van der Waals surface area contributed by atoms with Crippen LogP contribution in [0.3, 0.4) is 0 Å². The highest BCUT2D eigenvalue weighted by Crippen LogP contribution is 2.25. The molecule has 106 valence electrons.